The van der Waals surface area contributed by atoms with Crippen LogP contribution in [-0.4, -0.2) is 30.4 Å². The first-order valence-electron chi connectivity index (χ1n) is 9.11. The minimum atomic E-state index is -0.914. The first-order valence-corrected chi connectivity index (χ1v) is 10.8. The molecule has 1 atom stereocenters. The number of anilines is 1. The number of carbonyl (C=O) groups is 3. The van der Waals surface area contributed by atoms with Crippen LogP contribution < -0.4 is 10.6 Å². The number of hydrogen-bond acceptors (Lipinski definition) is 5. The molecule has 30 heavy (non-hydrogen) atoms. The quantitative estimate of drug-likeness (QED) is 0.470. The maximum Gasteiger partial charge on any atom is 0.329 e. The second kappa shape index (κ2) is 10.7. The number of amides is 2. The predicted molar refractivity (Wildman–Crippen MR) is 119 cm³/mol. The molecular formula is C22H19BrN2O4S. The van der Waals surface area contributed by atoms with E-state index in [1.807, 2.05) is 30.3 Å². The van der Waals surface area contributed by atoms with Crippen LogP contribution in [0.2, 0.25) is 0 Å². The number of rotatable bonds is 8. The van der Waals surface area contributed by atoms with Crippen molar-refractivity contribution in [2.75, 3.05) is 11.9 Å². The van der Waals surface area contributed by atoms with Gasteiger partial charge in [0.15, 0.2) is 6.61 Å². The van der Waals surface area contributed by atoms with E-state index < -0.39 is 24.5 Å². The van der Waals surface area contributed by atoms with Gasteiger partial charge in [-0.3, -0.25) is 9.59 Å². The molecule has 0 aliphatic heterocycles. The van der Waals surface area contributed by atoms with Crippen molar-refractivity contribution in [3.63, 3.8) is 0 Å². The maximum absolute atomic E-state index is 12.6. The van der Waals surface area contributed by atoms with Gasteiger partial charge in [0.25, 0.3) is 11.8 Å². The van der Waals surface area contributed by atoms with Gasteiger partial charge in [0.05, 0.1) is 4.88 Å². The minimum absolute atomic E-state index is 0.255. The molecule has 0 fully saturated rings. The van der Waals surface area contributed by atoms with Crippen molar-refractivity contribution in [2.45, 2.75) is 12.5 Å². The van der Waals surface area contributed by atoms with Crippen LogP contribution in [0, 0.1) is 0 Å². The van der Waals surface area contributed by atoms with Gasteiger partial charge in [0, 0.05) is 16.6 Å². The molecule has 3 rings (SSSR count). The summed E-state index contributed by atoms with van der Waals surface area (Å²) in [5.41, 5.74) is 1.45. The lowest BCUT2D eigenvalue weighted by Crippen LogP contribution is -2.43. The molecule has 0 bridgehead atoms. The molecule has 0 aliphatic carbocycles. The van der Waals surface area contributed by atoms with Gasteiger partial charge in [0.2, 0.25) is 0 Å². The van der Waals surface area contributed by atoms with Crippen molar-refractivity contribution in [2.24, 2.45) is 0 Å². The van der Waals surface area contributed by atoms with E-state index in [9.17, 15) is 14.4 Å². The summed E-state index contributed by atoms with van der Waals surface area (Å²) in [5, 5.41) is 7.14. The van der Waals surface area contributed by atoms with Crippen LogP contribution in [0.15, 0.2) is 76.6 Å². The van der Waals surface area contributed by atoms with Crippen LogP contribution in [0.25, 0.3) is 0 Å². The summed E-state index contributed by atoms with van der Waals surface area (Å²) in [6.45, 7) is -0.449. The summed E-state index contributed by atoms with van der Waals surface area (Å²) in [5.74, 6) is -1.49. The molecule has 6 nitrogen and oxygen atoms in total. The van der Waals surface area contributed by atoms with E-state index in [4.69, 9.17) is 4.74 Å². The zero-order valence-electron chi connectivity index (χ0n) is 15.8. The van der Waals surface area contributed by atoms with Gasteiger partial charge in [-0.1, -0.05) is 52.3 Å². The highest BCUT2D eigenvalue weighted by atomic mass is 79.9. The third-order valence-corrected chi connectivity index (χ3v) is 5.49. The molecule has 1 heterocycles. The summed E-state index contributed by atoms with van der Waals surface area (Å²) < 4.78 is 6.07. The van der Waals surface area contributed by atoms with Crippen molar-refractivity contribution in [1.29, 1.82) is 0 Å². The van der Waals surface area contributed by atoms with Crippen LogP contribution in [0.3, 0.4) is 0 Å². The van der Waals surface area contributed by atoms with Crippen molar-refractivity contribution in [3.05, 3.63) is 87.0 Å². The molecule has 0 radical (unpaired) electrons. The number of carbonyl (C=O) groups excluding carboxylic acids is 3. The Hall–Kier alpha value is -2.97. The molecule has 0 saturated carbocycles. The lowest BCUT2D eigenvalue weighted by molar-refractivity contribution is -0.149. The second-order valence-corrected chi connectivity index (χ2v) is 8.22. The Labute approximate surface area is 186 Å². The molecule has 0 aliphatic rings. The normalized spacial score (nSPS) is 11.4. The van der Waals surface area contributed by atoms with Crippen molar-refractivity contribution in [1.82, 2.24) is 5.32 Å². The summed E-state index contributed by atoms with van der Waals surface area (Å²) in [7, 11) is 0. The smallest absolute Gasteiger partial charge is 0.329 e. The van der Waals surface area contributed by atoms with E-state index in [0.29, 0.717) is 10.6 Å². The highest BCUT2D eigenvalue weighted by molar-refractivity contribution is 9.10. The Bertz CT molecular complexity index is 992. The first kappa shape index (κ1) is 21.7. The van der Waals surface area contributed by atoms with E-state index >= 15 is 0 Å². The molecule has 2 aromatic carbocycles. The van der Waals surface area contributed by atoms with Gasteiger partial charge < -0.3 is 15.4 Å². The van der Waals surface area contributed by atoms with Gasteiger partial charge in [-0.2, -0.15) is 0 Å². The summed E-state index contributed by atoms with van der Waals surface area (Å²) in [6, 6.07) is 18.8. The zero-order valence-corrected chi connectivity index (χ0v) is 18.2. The van der Waals surface area contributed by atoms with Crippen molar-refractivity contribution >= 4 is 50.7 Å². The highest BCUT2D eigenvalue weighted by Crippen LogP contribution is 2.14. The van der Waals surface area contributed by atoms with Crippen LogP contribution in [0.1, 0.15) is 15.2 Å². The van der Waals surface area contributed by atoms with Gasteiger partial charge in [0.1, 0.15) is 6.04 Å². The number of nitrogens with one attached hydrogen (secondary N) is 2. The van der Waals surface area contributed by atoms with Gasteiger partial charge >= 0.3 is 5.97 Å². The minimum Gasteiger partial charge on any atom is -0.454 e. The number of benzene rings is 2. The van der Waals surface area contributed by atoms with Crippen molar-refractivity contribution < 1.29 is 19.1 Å². The largest absolute Gasteiger partial charge is 0.454 e. The van der Waals surface area contributed by atoms with E-state index in [2.05, 4.69) is 26.6 Å². The number of esters is 1. The van der Waals surface area contributed by atoms with Crippen LogP contribution in [-0.2, 0) is 20.7 Å². The number of hydrogen-bond donors (Lipinski definition) is 2. The molecule has 0 unspecified atom stereocenters. The average Bonchev–Trinajstić information content (AvgIpc) is 3.29. The lowest BCUT2D eigenvalue weighted by atomic mass is 10.1. The number of halogens is 1. The SMILES string of the molecule is O=C(COC(=O)[C@H](Cc1ccccc1)NC(=O)c1cccs1)Nc1ccc(Br)cc1. The van der Waals surface area contributed by atoms with Crippen LogP contribution >= 0.6 is 27.3 Å². The predicted octanol–water partition coefficient (Wildman–Crippen LogP) is 4.03. The Kier molecular flexibility index (Phi) is 7.75. The van der Waals surface area contributed by atoms with E-state index in [1.165, 1.54) is 11.3 Å². The Balaban J connectivity index is 1.61. The van der Waals surface area contributed by atoms with Gasteiger partial charge in [-0.15, -0.1) is 11.3 Å². The Morgan fingerprint density at radius 2 is 1.70 bits per heavy atom. The maximum atomic E-state index is 12.6. The molecule has 1 aromatic heterocycles. The monoisotopic (exact) mass is 486 g/mol. The van der Waals surface area contributed by atoms with Crippen LogP contribution in [0.5, 0.6) is 0 Å². The van der Waals surface area contributed by atoms with E-state index in [1.54, 1.807) is 41.8 Å². The molecule has 2 N–H and O–H groups in total. The van der Waals surface area contributed by atoms with E-state index in [-0.39, 0.29) is 12.3 Å². The summed E-state index contributed by atoms with van der Waals surface area (Å²) >= 11 is 4.60. The highest BCUT2D eigenvalue weighted by Gasteiger charge is 2.24. The molecule has 3 aromatic rings. The standard InChI is InChI=1S/C22H19BrN2O4S/c23-16-8-10-17(11-9-16)24-20(26)14-29-22(28)18(13-15-5-2-1-3-6-15)25-21(27)19-7-4-12-30-19/h1-12,18H,13-14H2,(H,24,26)(H,25,27)/t18-/m0/s1. The average molecular weight is 487 g/mol. The summed E-state index contributed by atoms with van der Waals surface area (Å²) in [4.78, 5) is 37.7. The Morgan fingerprint density at radius 1 is 0.967 bits per heavy atom. The van der Waals surface area contributed by atoms with Crippen LogP contribution in [0.4, 0.5) is 5.69 Å². The molecule has 154 valence electrons. The third kappa shape index (κ3) is 6.53. The molecular weight excluding hydrogens is 468 g/mol. The number of thiophene rings is 1. The topological polar surface area (TPSA) is 84.5 Å². The first-order chi connectivity index (χ1) is 14.5. The van der Waals surface area contributed by atoms with Gasteiger partial charge in [-0.05, 0) is 41.3 Å². The summed E-state index contributed by atoms with van der Waals surface area (Å²) in [6.07, 6.45) is 0.255. The molecule has 2 amide bonds. The zero-order chi connectivity index (χ0) is 21.3. The fraction of sp³-hybridized carbons (Fsp3) is 0.136. The lowest BCUT2D eigenvalue weighted by Gasteiger charge is -2.17. The van der Waals surface area contributed by atoms with Crippen molar-refractivity contribution in [3.8, 4) is 0 Å². The van der Waals surface area contributed by atoms with E-state index in [0.717, 1.165) is 10.0 Å². The number of ether oxygens (including phenoxy) is 1. The fourth-order valence-corrected chi connectivity index (χ4v) is 3.54. The molecule has 8 heteroatoms. The van der Waals surface area contributed by atoms with Gasteiger partial charge in [-0.25, -0.2) is 4.79 Å². The second-order valence-electron chi connectivity index (χ2n) is 6.36. The Morgan fingerprint density at radius 3 is 2.37 bits per heavy atom. The molecule has 0 saturated heterocycles. The molecule has 0 spiro atoms. The fourth-order valence-electron chi connectivity index (χ4n) is 2.65. The third-order valence-electron chi connectivity index (χ3n) is 4.09.